The number of rotatable bonds is 2. The zero-order chi connectivity index (χ0) is 10.9. The van der Waals surface area contributed by atoms with Gasteiger partial charge in [-0.25, -0.2) is 4.39 Å². The molecule has 1 aliphatic heterocycles. The van der Waals surface area contributed by atoms with Crippen LogP contribution in [0.3, 0.4) is 0 Å². The lowest BCUT2D eigenvalue weighted by Crippen LogP contribution is -2.44. The molecule has 1 atom stereocenters. The van der Waals surface area contributed by atoms with Crippen LogP contribution in [0.25, 0.3) is 6.08 Å². The van der Waals surface area contributed by atoms with E-state index >= 15 is 0 Å². The topological polar surface area (TPSA) is 9.23 Å². The monoisotopic (exact) mass is 206 g/mol. The molecule has 0 amide bonds. The van der Waals surface area contributed by atoms with E-state index in [0.717, 1.165) is 12.0 Å². The van der Waals surface area contributed by atoms with Gasteiger partial charge >= 0.3 is 0 Å². The van der Waals surface area contributed by atoms with Crippen LogP contribution in [0, 0.1) is 5.82 Å². The van der Waals surface area contributed by atoms with Crippen LogP contribution < -0.4 is 0 Å². The Morgan fingerprint density at radius 3 is 2.80 bits per heavy atom. The molecule has 0 N–H and O–H groups in total. The number of ether oxygens (including phenoxy) is 1. The Morgan fingerprint density at radius 2 is 2.20 bits per heavy atom. The summed E-state index contributed by atoms with van der Waals surface area (Å²) in [5.41, 5.74) is 0.889. The van der Waals surface area contributed by atoms with E-state index in [1.165, 1.54) is 12.1 Å². The molecule has 1 saturated heterocycles. The molecular weight excluding hydrogens is 191 g/mol. The van der Waals surface area contributed by atoms with Crippen molar-refractivity contribution >= 4 is 6.08 Å². The van der Waals surface area contributed by atoms with E-state index in [1.807, 2.05) is 18.2 Å². The average Bonchev–Trinajstić information content (AvgIpc) is 2.11. The minimum Gasteiger partial charge on any atom is -0.368 e. The van der Waals surface area contributed by atoms with Crippen molar-refractivity contribution < 1.29 is 9.13 Å². The minimum atomic E-state index is -0.202. The maximum Gasteiger partial charge on any atom is 0.123 e. The zero-order valence-corrected chi connectivity index (χ0v) is 9.03. The zero-order valence-electron chi connectivity index (χ0n) is 9.03. The van der Waals surface area contributed by atoms with Crippen LogP contribution in [-0.4, -0.2) is 11.7 Å². The molecule has 15 heavy (non-hydrogen) atoms. The van der Waals surface area contributed by atoms with Gasteiger partial charge in [-0.1, -0.05) is 24.3 Å². The lowest BCUT2D eigenvalue weighted by Gasteiger charge is -2.41. The van der Waals surface area contributed by atoms with Gasteiger partial charge in [0.1, 0.15) is 5.82 Å². The summed E-state index contributed by atoms with van der Waals surface area (Å²) in [6.07, 6.45) is 5.10. The molecule has 80 valence electrons. The Balaban J connectivity index is 1.95. The van der Waals surface area contributed by atoms with Crippen molar-refractivity contribution in [3.05, 3.63) is 41.7 Å². The molecular formula is C13H15FO. The Kier molecular flexibility index (Phi) is 2.61. The molecule has 0 radical (unpaired) electrons. The maximum atomic E-state index is 12.8. The maximum absolute atomic E-state index is 12.8. The number of halogens is 1. The molecule has 0 spiro atoms. The van der Waals surface area contributed by atoms with Crippen LogP contribution >= 0.6 is 0 Å². The summed E-state index contributed by atoms with van der Waals surface area (Å²) in [5.74, 6) is -0.202. The Hall–Kier alpha value is -1.15. The van der Waals surface area contributed by atoms with E-state index in [1.54, 1.807) is 6.07 Å². The first-order valence-corrected chi connectivity index (χ1v) is 5.17. The van der Waals surface area contributed by atoms with Gasteiger partial charge in [-0.15, -0.1) is 0 Å². The molecule has 0 aromatic heterocycles. The molecule has 1 aromatic carbocycles. The Bertz CT molecular complexity index is 374. The number of hydrogen-bond donors (Lipinski definition) is 0. The lowest BCUT2D eigenvalue weighted by atomic mass is 9.93. The van der Waals surface area contributed by atoms with Gasteiger partial charge in [0.05, 0.1) is 11.7 Å². The third-order valence-electron chi connectivity index (χ3n) is 2.52. The van der Waals surface area contributed by atoms with Crippen LogP contribution in [0.5, 0.6) is 0 Å². The fourth-order valence-corrected chi connectivity index (χ4v) is 1.82. The van der Waals surface area contributed by atoms with E-state index in [9.17, 15) is 4.39 Å². The standard InChI is InChI=1S/C13H15FO/c1-13(2)9-12(15-13)7-6-10-4-3-5-11(14)8-10/h3-8,12H,9H2,1-2H3/b7-6+. The highest BCUT2D eigenvalue weighted by molar-refractivity contribution is 5.49. The van der Waals surface area contributed by atoms with E-state index in [0.29, 0.717) is 0 Å². The van der Waals surface area contributed by atoms with Gasteiger partial charge in [0, 0.05) is 6.42 Å². The van der Waals surface area contributed by atoms with Crippen LogP contribution in [0.2, 0.25) is 0 Å². The van der Waals surface area contributed by atoms with E-state index in [4.69, 9.17) is 4.74 Å². The highest BCUT2D eigenvalue weighted by atomic mass is 19.1. The van der Waals surface area contributed by atoms with Crippen molar-refractivity contribution in [3.8, 4) is 0 Å². The van der Waals surface area contributed by atoms with Crippen molar-refractivity contribution in [1.29, 1.82) is 0 Å². The highest BCUT2D eigenvalue weighted by Gasteiger charge is 2.35. The third-order valence-corrected chi connectivity index (χ3v) is 2.52. The lowest BCUT2D eigenvalue weighted by molar-refractivity contribution is -0.161. The van der Waals surface area contributed by atoms with Gasteiger partial charge in [0.15, 0.2) is 0 Å². The van der Waals surface area contributed by atoms with E-state index < -0.39 is 0 Å². The van der Waals surface area contributed by atoms with E-state index in [2.05, 4.69) is 13.8 Å². The largest absolute Gasteiger partial charge is 0.368 e. The van der Waals surface area contributed by atoms with Crippen molar-refractivity contribution in [2.24, 2.45) is 0 Å². The summed E-state index contributed by atoms with van der Waals surface area (Å²) < 4.78 is 18.4. The molecule has 0 aliphatic carbocycles. The van der Waals surface area contributed by atoms with Crippen molar-refractivity contribution in [3.63, 3.8) is 0 Å². The first-order chi connectivity index (χ1) is 7.05. The van der Waals surface area contributed by atoms with Crippen LogP contribution in [-0.2, 0) is 4.74 Å². The van der Waals surface area contributed by atoms with Crippen molar-refractivity contribution in [1.82, 2.24) is 0 Å². The van der Waals surface area contributed by atoms with Gasteiger partial charge in [-0.2, -0.15) is 0 Å². The fraction of sp³-hybridized carbons (Fsp3) is 0.385. The molecule has 2 rings (SSSR count). The molecule has 1 aliphatic rings. The Morgan fingerprint density at radius 1 is 1.47 bits per heavy atom. The summed E-state index contributed by atoms with van der Waals surface area (Å²) >= 11 is 0. The van der Waals surface area contributed by atoms with Gasteiger partial charge in [-0.3, -0.25) is 0 Å². The quantitative estimate of drug-likeness (QED) is 0.720. The SMILES string of the molecule is CC1(C)CC(/C=C/c2cccc(F)c2)O1. The van der Waals surface area contributed by atoms with Crippen LogP contribution in [0.4, 0.5) is 4.39 Å². The van der Waals surface area contributed by atoms with Gasteiger partial charge in [0.2, 0.25) is 0 Å². The molecule has 0 bridgehead atoms. The average molecular weight is 206 g/mol. The third kappa shape index (κ3) is 2.66. The van der Waals surface area contributed by atoms with Crippen LogP contribution in [0.1, 0.15) is 25.8 Å². The summed E-state index contributed by atoms with van der Waals surface area (Å²) in [4.78, 5) is 0. The molecule has 0 saturated carbocycles. The highest BCUT2D eigenvalue weighted by Crippen LogP contribution is 2.32. The predicted molar refractivity (Wildman–Crippen MR) is 59.0 cm³/mol. The minimum absolute atomic E-state index is 0.0109. The molecule has 1 nitrogen and oxygen atoms in total. The summed E-state index contributed by atoms with van der Waals surface area (Å²) in [5, 5.41) is 0. The number of hydrogen-bond acceptors (Lipinski definition) is 1. The first kappa shape index (κ1) is 10.4. The smallest absolute Gasteiger partial charge is 0.123 e. The van der Waals surface area contributed by atoms with Gasteiger partial charge in [-0.05, 0) is 31.5 Å². The van der Waals surface area contributed by atoms with Gasteiger partial charge in [0.25, 0.3) is 0 Å². The molecule has 1 heterocycles. The van der Waals surface area contributed by atoms with E-state index in [-0.39, 0.29) is 17.5 Å². The molecule has 1 aromatic rings. The normalized spacial score (nSPS) is 24.1. The summed E-state index contributed by atoms with van der Waals surface area (Å²) in [7, 11) is 0. The second-order valence-corrected chi connectivity index (χ2v) is 4.53. The predicted octanol–water partition coefficient (Wildman–Crippen LogP) is 3.41. The molecule has 1 fully saturated rings. The second-order valence-electron chi connectivity index (χ2n) is 4.53. The summed E-state index contributed by atoms with van der Waals surface area (Å²) in [6.45, 7) is 4.14. The second kappa shape index (κ2) is 3.78. The van der Waals surface area contributed by atoms with Crippen molar-refractivity contribution in [2.45, 2.75) is 32.0 Å². The number of benzene rings is 1. The van der Waals surface area contributed by atoms with Gasteiger partial charge < -0.3 is 4.74 Å². The first-order valence-electron chi connectivity index (χ1n) is 5.17. The molecule has 2 heteroatoms. The summed E-state index contributed by atoms with van der Waals surface area (Å²) in [6, 6.07) is 6.55. The van der Waals surface area contributed by atoms with Crippen molar-refractivity contribution in [2.75, 3.05) is 0 Å². The van der Waals surface area contributed by atoms with Crippen LogP contribution in [0.15, 0.2) is 30.3 Å². The Labute approximate surface area is 89.6 Å². The fourth-order valence-electron chi connectivity index (χ4n) is 1.82. The molecule has 1 unspecified atom stereocenters.